The Balaban J connectivity index is 0. The van der Waals surface area contributed by atoms with Gasteiger partial charge in [-0.05, 0) is 13.3 Å². The molecule has 0 aliphatic rings. The third kappa shape index (κ3) is 9.86. The molecule has 0 unspecified atom stereocenters. The summed E-state index contributed by atoms with van der Waals surface area (Å²) in [5.41, 5.74) is 0. The van der Waals surface area contributed by atoms with Crippen molar-refractivity contribution < 1.29 is 30.0 Å². The molecule has 0 saturated heterocycles. The summed E-state index contributed by atoms with van der Waals surface area (Å²) in [6.45, 7) is 3.54. The summed E-state index contributed by atoms with van der Waals surface area (Å²) in [7, 11) is 0. The first kappa shape index (κ1) is 13.4. The Hall–Kier alpha value is -0.141. The van der Waals surface area contributed by atoms with Crippen LogP contribution in [0.2, 0.25) is 0 Å². The molecule has 0 aromatic rings. The third-order valence-electron chi connectivity index (χ3n) is 1.18. The van der Waals surface area contributed by atoms with Gasteiger partial charge in [0.2, 0.25) is 5.76 Å². The van der Waals surface area contributed by atoms with Gasteiger partial charge in [0.25, 0.3) is 0 Å². The second-order valence-corrected chi connectivity index (χ2v) is 2.38. The van der Waals surface area contributed by atoms with Gasteiger partial charge in [-0.1, -0.05) is 13.3 Å². The molecule has 2 nitrogen and oxygen atoms in total. The van der Waals surface area contributed by atoms with E-state index >= 15 is 0 Å². The molecule has 1 radical (unpaired) electrons. The Morgan fingerprint density at radius 1 is 1.55 bits per heavy atom. The number of unbranched alkanes of at least 4 members (excludes halogenated alkanes) is 1. The molecule has 0 amide bonds. The van der Waals surface area contributed by atoms with Crippen molar-refractivity contribution in [1.82, 2.24) is 0 Å². The molecule has 11 heavy (non-hydrogen) atoms. The number of carbonyl (C=O) groups excluding carboxylic acids is 1. The van der Waals surface area contributed by atoms with E-state index in [1.165, 1.54) is 13.0 Å². The van der Waals surface area contributed by atoms with Crippen LogP contribution in [0.5, 0.6) is 0 Å². The van der Waals surface area contributed by atoms with Crippen LogP contribution in [-0.2, 0) is 24.9 Å². The summed E-state index contributed by atoms with van der Waals surface area (Å²) in [6.07, 6.45) is 4.20. The van der Waals surface area contributed by atoms with Crippen molar-refractivity contribution in [3.63, 3.8) is 0 Å². The second kappa shape index (κ2) is 7.96. The van der Waals surface area contributed by atoms with E-state index in [1.54, 1.807) is 0 Å². The molecule has 0 aliphatic carbocycles. The molecule has 2 N–H and O–H groups in total. The van der Waals surface area contributed by atoms with Crippen LogP contribution in [0, 0.1) is 0 Å². The van der Waals surface area contributed by atoms with Gasteiger partial charge in [-0.25, -0.2) is 0 Å². The van der Waals surface area contributed by atoms with Crippen molar-refractivity contribution in [3.05, 3.63) is 11.8 Å². The second-order valence-electron chi connectivity index (χ2n) is 2.38. The summed E-state index contributed by atoms with van der Waals surface area (Å²) in [4.78, 5) is 10.4. The molecule has 0 fully saturated rings. The van der Waals surface area contributed by atoms with E-state index < -0.39 is 0 Å². The Morgan fingerprint density at radius 2 is 2.09 bits per heavy atom. The van der Waals surface area contributed by atoms with Gasteiger partial charge in [-0.2, -0.15) is 0 Å². The van der Waals surface area contributed by atoms with Gasteiger partial charge in [0.15, 0.2) is 5.78 Å². The number of allylic oxidation sites excluding steroid dienone is 2. The molecule has 0 aromatic carbocycles. The van der Waals surface area contributed by atoms with Crippen molar-refractivity contribution in [1.29, 1.82) is 0 Å². The van der Waals surface area contributed by atoms with Gasteiger partial charge in [0.05, 0.1) is 12.5 Å². The zero-order valence-electron chi connectivity index (χ0n) is 6.94. The van der Waals surface area contributed by atoms with Crippen molar-refractivity contribution in [3.8, 4) is 0 Å². The van der Waals surface area contributed by atoms with Crippen molar-refractivity contribution in [2.75, 3.05) is 0 Å². The van der Waals surface area contributed by atoms with E-state index in [9.17, 15) is 4.79 Å². The Morgan fingerprint density at radius 3 is 2.45 bits per heavy atom. The van der Waals surface area contributed by atoms with Gasteiger partial charge >= 0.3 is 0 Å². The zero-order valence-corrected chi connectivity index (χ0v) is 9.34. The fourth-order valence-electron chi connectivity index (χ4n) is 0.685. The maximum atomic E-state index is 10.4. The van der Waals surface area contributed by atoms with Gasteiger partial charge in [-0.15, -0.1) is 0 Å². The van der Waals surface area contributed by atoms with E-state index in [2.05, 4.69) is 6.92 Å². The van der Waals surface area contributed by atoms with Crippen LogP contribution in [0.4, 0.5) is 0 Å². The largest absolute Gasteiger partial charge is 0.596 e. The van der Waals surface area contributed by atoms with Gasteiger partial charge < -0.3 is 5.11 Å². The molecule has 0 aliphatic heterocycles. The Bertz CT molecular complexity index is 141. The molecule has 0 heterocycles. The maximum Gasteiger partial charge on any atom is 0.232 e. The fourth-order valence-corrected chi connectivity index (χ4v) is 0.685. The zero-order chi connectivity index (χ0) is 7.98. The van der Waals surface area contributed by atoms with Gasteiger partial charge in [0.1, 0.15) is 0 Å². The average Bonchev–Trinajstić information content (AvgIpc) is 1.82. The first-order valence-electron chi connectivity index (χ1n) is 3.59. The van der Waals surface area contributed by atoms with Crippen LogP contribution >= 0.6 is 0 Å². The summed E-state index contributed by atoms with van der Waals surface area (Å²) in [6, 6.07) is 0. The number of carbonyl (C=O) groups is 1. The molecular weight excluding hydrogens is 320 g/mol. The predicted octanol–water partition coefficient (Wildman–Crippen LogP) is 1.37. The minimum atomic E-state index is -0.0268. The number of rotatable bonds is 4. The van der Waals surface area contributed by atoms with Crippen molar-refractivity contribution in [2.45, 2.75) is 33.1 Å². The van der Waals surface area contributed by atoms with Gasteiger partial charge in [0, 0.05) is 20.1 Å². The van der Waals surface area contributed by atoms with E-state index in [0.29, 0.717) is 5.76 Å². The molecule has 0 saturated carbocycles. The first-order chi connectivity index (χ1) is 4.66. The van der Waals surface area contributed by atoms with Crippen LogP contribution in [0.25, 0.3) is 0 Å². The topological polar surface area (TPSA) is 40.0 Å². The summed E-state index contributed by atoms with van der Waals surface area (Å²) >= 11 is 0. The molecular formula is C8H15IrO2+. The summed E-state index contributed by atoms with van der Waals surface area (Å²) in [5.74, 6) is 0.426. The number of hydrogen-bond acceptors (Lipinski definition) is 1. The Labute approximate surface area is 81.0 Å². The van der Waals surface area contributed by atoms with E-state index in [1.807, 2.05) is 0 Å². The quantitative estimate of drug-likeness (QED) is 0.435. The molecule has 67 valence electrons. The van der Waals surface area contributed by atoms with Crippen LogP contribution in [0.1, 0.15) is 33.1 Å². The monoisotopic (exact) mass is 336 g/mol. The predicted molar refractivity (Wildman–Crippen MR) is 41.9 cm³/mol. The smallest absolute Gasteiger partial charge is 0.232 e. The molecule has 0 atom stereocenters. The van der Waals surface area contributed by atoms with Crippen molar-refractivity contribution >= 4 is 5.78 Å². The summed E-state index contributed by atoms with van der Waals surface area (Å²) in [5, 5.41) is 7.25. The average molecular weight is 335 g/mol. The van der Waals surface area contributed by atoms with Crippen LogP contribution in [-0.4, -0.2) is 10.9 Å². The molecule has 0 rings (SSSR count). The minimum Gasteiger partial charge on any atom is -0.596 e. The summed E-state index contributed by atoms with van der Waals surface area (Å²) < 4.78 is 0. The minimum absolute atomic E-state index is 0. The van der Waals surface area contributed by atoms with Crippen LogP contribution in [0.3, 0.4) is 0 Å². The number of ketones is 1. The molecule has 0 spiro atoms. The SMILES string of the molecule is CCCCC([OH2+])=CC(C)=O.[Ir]. The third-order valence-corrected chi connectivity index (χ3v) is 1.18. The number of hydrogen-bond donors (Lipinski definition) is 0. The fraction of sp³-hybridized carbons (Fsp3) is 0.625. The molecule has 0 aromatic heterocycles. The standard InChI is InChI=1S/C8H14O2.Ir/c1-3-4-5-8(10)6-7(2)9;/h6,10H,3-5H2,1-2H3;/p+1. The van der Waals surface area contributed by atoms with E-state index in [0.717, 1.165) is 19.3 Å². The van der Waals surface area contributed by atoms with Crippen molar-refractivity contribution in [2.24, 2.45) is 0 Å². The van der Waals surface area contributed by atoms with Crippen LogP contribution < -0.4 is 0 Å². The molecule has 0 bridgehead atoms. The van der Waals surface area contributed by atoms with Crippen LogP contribution in [0.15, 0.2) is 11.8 Å². The van der Waals surface area contributed by atoms with Gasteiger partial charge in [-0.3, -0.25) is 4.79 Å². The Kier molecular flexibility index (Phi) is 9.73. The first-order valence-corrected chi connectivity index (χ1v) is 3.59. The molecule has 3 heteroatoms. The van der Waals surface area contributed by atoms with E-state index in [-0.39, 0.29) is 25.9 Å². The normalized spacial score (nSPS) is 10.5. The maximum absolute atomic E-state index is 10.4. The van der Waals surface area contributed by atoms with E-state index in [4.69, 9.17) is 5.11 Å².